The van der Waals surface area contributed by atoms with E-state index >= 15 is 0 Å². The highest BCUT2D eigenvalue weighted by Gasteiger charge is 2.17. The Morgan fingerprint density at radius 2 is 1.35 bits per heavy atom. The normalized spacial score (nSPS) is 8.53. The quantitative estimate of drug-likeness (QED) is 0.193. The summed E-state index contributed by atoms with van der Waals surface area (Å²) in [5.74, 6) is 0. The van der Waals surface area contributed by atoms with Crippen molar-refractivity contribution in [2.45, 2.75) is 0 Å². The van der Waals surface area contributed by atoms with Crippen LogP contribution in [0.3, 0.4) is 0 Å². The predicted molar refractivity (Wildman–Crippen MR) is 73.2 cm³/mol. The van der Waals surface area contributed by atoms with Crippen molar-refractivity contribution in [3.05, 3.63) is 50.6 Å². The van der Waals surface area contributed by atoms with Gasteiger partial charge in [-0.05, 0) is 0 Å². The maximum Gasteiger partial charge on any atom is 0.346 e. The van der Waals surface area contributed by atoms with E-state index in [0.717, 1.165) is 0 Å². The standard InChI is InChI=1S/C13H20ClN2.ClH/c1-5-9-15(10-6-2)13(14)16(11-7-3)12-8-4;/h5-8H,1-4,9-12H2;1H/q+1;/p-1. The molecule has 0 aromatic heterocycles. The van der Waals surface area contributed by atoms with Gasteiger partial charge in [-0.2, -0.15) is 0 Å². The van der Waals surface area contributed by atoms with E-state index in [4.69, 9.17) is 11.6 Å². The molecule has 4 heteroatoms. The Hall–Kier alpha value is -0.990. The number of hydrogen-bond donors (Lipinski definition) is 0. The third kappa shape index (κ3) is 7.03. The van der Waals surface area contributed by atoms with Gasteiger partial charge in [-0.1, -0.05) is 50.6 Å². The third-order valence-corrected chi connectivity index (χ3v) is 2.40. The molecule has 0 saturated carbocycles. The van der Waals surface area contributed by atoms with Crippen molar-refractivity contribution in [3.63, 3.8) is 0 Å². The van der Waals surface area contributed by atoms with Gasteiger partial charge in [0, 0.05) is 11.6 Å². The summed E-state index contributed by atoms with van der Waals surface area (Å²) in [7, 11) is 0. The van der Waals surface area contributed by atoms with Crippen LogP contribution in [0.2, 0.25) is 0 Å². The zero-order valence-electron chi connectivity index (χ0n) is 10.1. The Morgan fingerprint density at radius 3 is 1.65 bits per heavy atom. The van der Waals surface area contributed by atoms with Crippen LogP contribution >= 0.6 is 11.6 Å². The second-order valence-electron chi connectivity index (χ2n) is 3.23. The molecule has 0 aliphatic heterocycles. The SMILES string of the molecule is C=CCN(CC=C)C(Cl)=[N+](CC=C)CC=C.[Cl-]. The van der Waals surface area contributed by atoms with Gasteiger partial charge in [0.1, 0.15) is 26.2 Å². The highest BCUT2D eigenvalue weighted by atomic mass is 35.5. The minimum Gasteiger partial charge on any atom is -1.00 e. The zero-order valence-corrected chi connectivity index (χ0v) is 11.6. The summed E-state index contributed by atoms with van der Waals surface area (Å²) in [6.45, 7) is 17.6. The number of rotatable bonds is 8. The van der Waals surface area contributed by atoms with Gasteiger partial charge in [0.05, 0.1) is 0 Å². The first-order chi connectivity index (χ1) is 7.71. The largest absolute Gasteiger partial charge is 1.00 e. The van der Waals surface area contributed by atoms with Crippen LogP contribution in [0, 0.1) is 0 Å². The summed E-state index contributed by atoms with van der Waals surface area (Å²) >= 11 is 6.31. The van der Waals surface area contributed by atoms with Crippen molar-refractivity contribution in [2.75, 3.05) is 26.2 Å². The molecule has 96 valence electrons. The average Bonchev–Trinajstić information content (AvgIpc) is 2.27. The molecule has 0 amide bonds. The van der Waals surface area contributed by atoms with E-state index in [1.165, 1.54) is 0 Å². The van der Waals surface area contributed by atoms with Crippen LogP contribution in [-0.2, 0) is 0 Å². The molecule has 2 nitrogen and oxygen atoms in total. The first-order valence-corrected chi connectivity index (χ1v) is 5.55. The van der Waals surface area contributed by atoms with Crippen LogP contribution in [0.25, 0.3) is 0 Å². The molecule has 0 bridgehead atoms. The summed E-state index contributed by atoms with van der Waals surface area (Å²) in [6.07, 6.45) is 7.25. The third-order valence-electron chi connectivity index (χ3n) is 1.92. The summed E-state index contributed by atoms with van der Waals surface area (Å²) in [4.78, 5) is 1.98. The highest BCUT2D eigenvalue weighted by molar-refractivity contribution is 6.63. The van der Waals surface area contributed by atoms with Crippen molar-refractivity contribution in [3.8, 4) is 0 Å². The molecule has 0 atom stereocenters. The topological polar surface area (TPSA) is 6.25 Å². The van der Waals surface area contributed by atoms with Gasteiger partial charge in [-0.15, -0.1) is 0 Å². The highest BCUT2D eigenvalue weighted by Crippen LogP contribution is 1.99. The molecule has 0 rings (SSSR count). The van der Waals surface area contributed by atoms with Crippen molar-refractivity contribution in [1.82, 2.24) is 4.90 Å². The van der Waals surface area contributed by atoms with Crippen LogP contribution in [-0.4, -0.2) is 40.9 Å². The van der Waals surface area contributed by atoms with Gasteiger partial charge in [0.25, 0.3) is 0 Å². The van der Waals surface area contributed by atoms with Crippen LogP contribution in [0.1, 0.15) is 0 Å². The molecule has 0 heterocycles. The van der Waals surface area contributed by atoms with Gasteiger partial charge in [0.2, 0.25) is 0 Å². The summed E-state index contributed by atoms with van der Waals surface area (Å²) in [6, 6.07) is 0. The van der Waals surface area contributed by atoms with Crippen molar-refractivity contribution >= 4 is 16.9 Å². The Kier molecular flexibility index (Phi) is 12.4. The number of nitrogens with zero attached hydrogens (tertiary/aromatic N) is 2. The van der Waals surface area contributed by atoms with E-state index in [0.29, 0.717) is 31.5 Å². The summed E-state index contributed by atoms with van der Waals surface area (Å²) in [5, 5.41) is 0.666. The average molecular weight is 275 g/mol. The van der Waals surface area contributed by atoms with Crippen molar-refractivity contribution in [1.29, 1.82) is 0 Å². The minimum absolute atomic E-state index is 0. The van der Waals surface area contributed by atoms with Gasteiger partial charge < -0.3 is 12.4 Å². The van der Waals surface area contributed by atoms with Crippen molar-refractivity contribution < 1.29 is 17.0 Å². The molecule has 0 unspecified atom stereocenters. The second-order valence-corrected chi connectivity index (χ2v) is 3.57. The molecule has 0 aromatic carbocycles. The molecular formula is C13H20Cl2N2. The Morgan fingerprint density at radius 1 is 0.941 bits per heavy atom. The first-order valence-electron chi connectivity index (χ1n) is 5.17. The molecule has 0 spiro atoms. The monoisotopic (exact) mass is 274 g/mol. The summed E-state index contributed by atoms with van der Waals surface area (Å²) in [5.41, 5.74) is 0. The molecule has 0 N–H and O–H groups in total. The number of hydrogen-bond acceptors (Lipinski definition) is 0. The van der Waals surface area contributed by atoms with E-state index < -0.39 is 0 Å². The maximum absolute atomic E-state index is 6.31. The van der Waals surface area contributed by atoms with Crippen LogP contribution < -0.4 is 12.4 Å². The lowest BCUT2D eigenvalue weighted by Gasteiger charge is -2.15. The lowest BCUT2D eigenvalue weighted by molar-refractivity contribution is -0.509. The maximum atomic E-state index is 6.31. The zero-order chi connectivity index (χ0) is 12.4. The van der Waals surface area contributed by atoms with E-state index in [-0.39, 0.29) is 12.4 Å². The minimum atomic E-state index is 0. The van der Waals surface area contributed by atoms with Crippen LogP contribution in [0.15, 0.2) is 50.6 Å². The smallest absolute Gasteiger partial charge is 0.346 e. The number of amidine groups is 1. The first kappa shape index (κ1) is 18.4. The van der Waals surface area contributed by atoms with E-state index in [9.17, 15) is 0 Å². The van der Waals surface area contributed by atoms with Gasteiger partial charge in [0.15, 0.2) is 0 Å². The molecule has 17 heavy (non-hydrogen) atoms. The van der Waals surface area contributed by atoms with Gasteiger partial charge in [-0.3, -0.25) is 0 Å². The van der Waals surface area contributed by atoms with E-state index in [1.807, 2.05) is 33.8 Å². The fourth-order valence-electron chi connectivity index (χ4n) is 1.27. The predicted octanol–water partition coefficient (Wildman–Crippen LogP) is -0.356. The van der Waals surface area contributed by atoms with E-state index in [1.54, 1.807) is 0 Å². The Balaban J connectivity index is 0. The fraction of sp³-hybridized carbons (Fsp3) is 0.308. The summed E-state index contributed by atoms with van der Waals surface area (Å²) < 4.78 is 1.98. The lowest BCUT2D eigenvalue weighted by Crippen LogP contribution is -3.00. The van der Waals surface area contributed by atoms with Gasteiger partial charge >= 0.3 is 5.29 Å². The second kappa shape index (κ2) is 11.5. The molecule has 0 fully saturated rings. The van der Waals surface area contributed by atoms with Crippen molar-refractivity contribution in [2.24, 2.45) is 0 Å². The molecule has 0 radical (unpaired) electrons. The van der Waals surface area contributed by atoms with Gasteiger partial charge in [-0.25, -0.2) is 9.48 Å². The Bertz CT molecular complexity index is 274. The van der Waals surface area contributed by atoms with E-state index in [2.05, 4.69) is 26.3 Å². The lowest BCUT2D eigenvalue weighted by atomic mass is 10.4. The molecule has 0 aromatic rings. The molecule has 0 saturated heterocycles. The Labute approximate surface area is 116 Å². The molecular weight excluding hydrogens is 255 g/mol. The molecule has 0 aliphatic carbocycles. The molecule has 0 aliphatic rings. The number of halogens is 2. The van der Waals surface area contributed by atoms with Crippen LogP contribution in [0.5, 0.6) is 0 Å². The fourth-order valence-corrected chi connectivity index (χ4v) is 1.55. The van der Waals surface area contributed by atoms with Crippen LogP contribution in [0.4, 0.5) is 0 Å².